The molecule has 17 heavy (non-hydrogen) atoms. The standard InChI is InChI=1S/C11H12ClN3O2/c12-7-3-4-14-8(6-7)11(17)15-5-1-2-9(15)10(13)16/h3-4,6,9H,1-2,5H2,(H2,13,16)/t9-/m0/s1. The van der Waals surface area contributed by atoms with Crippen molar-refractivity contribution in [3.8, 4) is 0 Å². The average Bonchev–Trinajstić information content (AvgIpc) is 2.77. The Hall–Kier alpha value is -1.62. The van der Waals surface area contributed by atoms with Crippen molar-refractivity contribution in [1.82, 2.24) is 9.88 Å². The SMILES string of the molecule is NC(=O)[C@@H]1CCCN1C(=O)c1cc(Cl)ccn1. The van der Waals surface area contributed by atoms with Crippen LogP contribution < -0.4 is 5.73 Å². The highest BCUT2D eigenvalue weighted by Crippen LogP contribution is 2.20. The number of aromatic nitrogens is 1. The Kier molecular flexibility index (Phi) is 3.28. The molecule has 0 unspecified atom stereocenters. The maximum absolute atomic E-state index is 12.1. The lowest BCUT2D eigenvalue weighted by atomic mass is 10.2. The average molecular weight is 254 g/mol. The van der Waals surface area contributed by atoms with Crippen LogP contribution in [0.2, 0.25) is 5.02 Å². The van der Waals surface area contributed by atoms with E-state index in [1.807, 2.05) is 0 Å². The molecule has 0 saturated carbocycles. The number of likely N-dealkylation sites (tertiary alicyclic amines) is 1. The van der Waals surface area contributed by atoms with E-state index in [9.17, 15) is 9.59 Å². The minimum Gasteiger partial charge on any atom is -0.368 e. The Bertz CT molecular complexity index is 464. The number of rotatable bonds is 2. The first kappa shape index (κ1) is 11.9. The van der Waals surface area contributed by atoms with E-state index in [4.69, 9.17) is 17.3 Å². The maximum Gasteiger partial charge on any atom is 0.273 e. The molecule has 2 heterocycles. The van der Waals surface area contributed by atoms with Gasteiger partial charge in [-0.1, -0.05) is 11.6 Å². The molecule has 1 atom stereocenters. The van der Waals surface area contributed by atoms with Crippen LogP contribution in [0.5, 0.6) is 0 Å². The summed E-state index contributed by atoms with van der Waals surface area (Å²) in [6.07, 6.45) is 2.85. The van der Waals surface area contributed by atoms with E-state index in [0.717, 1.165) is 6.42 Å². The summed E-state index contributed by atoms with van der Waals surface area (Å²) in [6, 6.07) is 2.55. The van der Waals surface area contributed by atoms with Crippen molar-refractivity contribution in [2.45, 2.75) is 18.9 Å². The largest absolute Gasteiger partial charge is 0.368 e. The number of carbonyl (C=O) groups is 2. The molecule has 1 fully saturated rings. The second kappa shape index (κ2) is 4.71. The number of nitrogens with zero attached hydrogens (tertiary/aromatic N) is 2. The second-order valence-corrected chi connectivity index (χ2v) is 4.35. The van der Waals surface area contributed by atoms with Gasteiger partial charge < -0.3 is 10.6 Å². The van der Waals surface area contributed by atoms with Crippen molar-refractivity contribution in [3.63, 3.8) is 0 Å². The van der Waals surface area contributed by atoms with Crippen molar-refractivity contribution < 1.29 is 9.59 Å². The van der Waals surface area contributed by atoms with Crippen molar-refractivity contribution in [2.24, 2.45) is 5.73 Å². The van der Waals surface area contributed by atoms with Crippen LogP contribution in [0.4, 0.5) is 0 Å². The third kappa shape index (κ3) is 2.39. The van der Waals surface area contributed by atoms with Crippen molar-refractivity contribution in [2.75, 3.05) is 6.54 Å². The maximum atomic E-state index is 12.1. The predicted octanol–water partition coefficient (Wildman–Crippen LogP) is 0.825. The number of primary amides is 1. The molecule has 0 aromatic carbocycles. The fourth-order valence-electron chi connectivity index (χ4n) is 1.97. The minimum absolute atomic E-state index is 0.241. The van der Waals surface area contributed by atoms with E-state index in [2.05, 4.69) is 4.98 Å². The number of hydrogen-bond acceptors (Lipinski definition) is 3. The third-order valence-electron chi connectivity index (χ3n) is 2.78. The van der Waals surface area contributed by atoms with Gasteiger partial charge in [0.15, 0.2) is 0 Å². The van der Waals surface area contributed by atoms with Gasteiger partial charge in [0.25, 0.3) is 5.91 Å². The lowest BCUT2D eigenvalue weighted by Crippen LogP contribution is -2.43. The van der Waals surface area contributed by atoms with Gasteiger partial charge in [0.05, 0.1) is 0 Å². The molecular weight excluding hydrogens is 242 g/mol. The number of nitrogens with two attached hydrogens (primary N) is 1. The highest BCUT2D eigenvalue weighted by Gasteiger charge is 2.33. The van der Waals surface area contributed by atoms with Crippen LogP contribution in [0.25, 0.3) is 0 Å². The molecule has 2 rings (SSSR count). The monoisotopic (exact) mass is 253 g/mol. The van der Waals surface area contributed by atoms with Gasteiger partial charge in [-0.25, -0.2) is 0 Å². The van der Waals surface area contributed by atoms with Crippen LogP contribution >= 0.6 is 11.6 Å². The first-order valence-electron chi connectivity index (χ1n) is 5.31. The fraction of sp³-hybridized carbons (Fsp3) is 0.364. The summed E-state index contributed by atoms with van der Waals surface area (Å²) in [4.78, 5) is 28.7. The van der Waals surface area contributed by atoms with Gasteiger partial charge in [-0.15, -0.1) is 0 Å². The third-order valence-corrected chi connectivity index (χ3v) is 3.02. The van der Waals surface area contributed by atoms with Gasteiger partial charge in [-0.05, 0) is 25.0 Å². The zero-order chi connectivity index (χ0) is 12.4. The minimum atomic E-state index is -0.525. The second-order valence-electron chi connectivity index (χ2n) is 3.92. The lowest BCUT2D eigenvalue weighted by molar-refractivity contribution is -0.121. The van der Waals surface area contributed by atoms with Gasteiger partial charge in [-0.2, -0.15) is 0 Å². The summed E-state index contributed by atoms with van der Waals surface area (Å²) in [5, 5.41) is 0.443. The Balaban J connectivity index is 2.23. The molecule has 1 aromatic rings. The molecule has 90 valence electrons. The normalized spacial score (nSPS) is 19.4. The van der Waals surface area contributed by atoms with Gasteiger partial charge in [-0.3, -0.25) is 14.6 Å². The quantitative estimate of drug-likeness (QED) is 0.848. The molecule has 2 N–H and O–H groups in total. The molecule has 1 aromatic heterocycles. The summed E-state index contributed by atoms with van der Waals surface area (Å²) in [7, 11) is 0. The summed E-state index contributed by atoms with van der Waals surface area (Å²) in [5.41, 5.74) is 5.50. The molecule has 2 amide bonds. The van der Waals surface area contributed by atoms with Crippen LogP contribution in [-0.2, 0) is 4.79 Å². The van der Waals surface area contributed by atoms with Crippen molar-refractivity contribution in [1.29, 1.82) is 0 Å². The number of pyridine rings is 1. The number of carbonyl (C=O) groups excluding carboxylic acids is 2. The van der Waals surface area contributed by atoms with Crippen LogP contribution in [0.15, 0.2) is 18.3 Å². The van der Waals surface area contributed by atoms with Gasteiger partial charge in [0, 0.05) is 17.8 Å². The topological polar surface area (TPSA) is 76.3 Å². The van der Waals surface area contributed by atoms with Crippen molar-refractivity contribution in [3.05, 3.63) is 29.0 Å². The van der Waals surface area contributed by atoms with E-state index >= 15 is 0 Å². The number of hydrogen-bond donors (Lipinski definition) is 1. The molecule has 0 bridgehead atoms. The zero-order valence-corrected chi connectivity index (χ0v) is 9.85. The lowest BCUT2D eigenvalue weighted by Gasteiger charge is -2.21. The van der Waals surface area contributed by atoms with E-state index in [0.29, 0.717) is 18.0 Å². The number of halogens is 1. The van der Waals surface area contributed by atoms with E-state index in [1.54, 1.807) is 6.07 Å². The molecule has 5 nitrogen and oxygen atoms in total. The predicted molar refractivity (Wildman–Crippen MR) is 62.5 cm³/mol. The Labute approximate surface area is 104 Å². The van der Waals surface area contributed by atoms with Crippen molar-refractivity contribution >= 4 is 23.4 Å². The summed E-state index contributed by atoms with van der Waals surface area (Å²) < 4.78 is 0. The Morgan fingerprint density at radius 3 is 2.94 bits per heavy atom. The van der Waals surface area contributed by atoms with Crippen LogP contribution in [-0.4, -0.2) is 34.3 Å². The molecule has 1 saturated heterocycles. The molecule has 1 aliphatic rings. The van der Waals surface area contributed by atoms with E-state index in [-0.39, 0.29) is 11.6 Å². The van der Waals surface area contributed by atoms with Crippen LogP contribution in [0.3, 0.4) is 0 Å². The Morgan fingerprint density at radius 1 is 1.53 bits per heavy atom. The van der Waals surface area contributed by atoms with Crippen LogP contribution in [0, 0.1) is 0 Å². The first-order chi connectivity index (χ1) is 8.09. The molecule has 6 heteroatoms. The first-order valence-corrected chi connectivity index (χ1v) is 5.69. The zero-order valence-electron chi connectivity index (χ0n) is 9.10. The highest BCUT2D eigenvalue weighted by atomic mass is 35.5. The number of amides is 2. The van der Waals surface area contributed by atoms with Gasteiger partial charge >= 0.3 is 0 Å². The van der Waals surface area contributed by atoms with Gasteiger partial charge in [0.1, 0.15) is 11.7 Å². The van der Waals surface area contributed by atoms with E-state index < -0.39 is 11.9 Å². The van der Waals surface area contributed by atoms with Crippen LogP contribution in [0.1, 0.15) is 23.3 Å². The Morgan fingerprint density at radius 2 is 2.29 bits per heavy atom. The van der Waals surface area contributed by atoms with Gasteiger partial charge in [0.2, 0.25) is 5.91 Å². The summed E-state index contributed by atoms with van der Waals surface area (Å²) in [6.45, 7) is 0.528. The fourth-order valence-corrected chi connectivity index (χ4v) is 2.13. The smallest absolute Gasteiger partial charge is 0.273 e. The summed E-state index contributed by atoms with van der Waals surface area (Å²) in [5.74, 6) is -0.772. The highest BCUT2D eigenvalue weighted by molar-refractivity contribution is 6.30. The molecule has 0 spiro atoms. The molecule has 0 aliphatic carbocycles. The molecule has 0 radical (unpaired) electrons. The van der Waals surface area contributed by atoms with E-state index in [1.165, 1.54) is 17.2 Å². The molecular formula is C11H12ClN3O2. The summed E-state index contributed by atoms with van der Waals surface area (Å²) >= 11 is 5.79. The molecule has 1 aliphatic heterocycles.